The van der Waals surface area contributed by atoms with Gasteiger partial charge in [0.2, 0.25) is 5.17 Å². The number of carbonyl (C=O) groups is 1. The Hall–Kier alpha value is -3.30. The Morgan fingerprint density at radius 3 is 2.39 bits per heavy atom. The van der Waals surface area contributed by atoms with Gasteiger partial charge in [-0.05, 0) is 60.2 Å². The molecule has 38 heavy (non-hydrogen) atoms. The quantitative estimate of drug-likeness (QED) is 0.236. The van der Waals surface area contributed by atoms with E-state index >= 15 is 0 Å². The summed E-state index contributed by atoms with van der Waals surface area (Å²) in [5.74, 6) is 0.403. The lowest BCUT2D eigenvalue weighted by atomic mass is 10.1. The maximum absolute atomic E-state index is 12.8. The van der Waals surface area contributed by atoms with E-state index in [1.54, 1.807) is 18.2 Å². The minimum absolute atomic E-state index is 0.0472. The van der Waals surface area contributed by atoms with Gasteiger partial charge >= 0.3 is 0 Å². The van der Waals surface area contributed by atoms with Crippen molar-refractivity contribution in [1.82, 2.24) is 5.01 Å². The van der Waals surface area contributed by atoms with Crippen LogP contribution in [0.5, 0.6) is 11.5 Å². The Labute approximate surface area is 238 Å². The fourth-order valence-corrected chi connectivity index (χ4v) is 5.54. The molecule has 192 valence electrons. The first kappa shape index (κ1) is 26.3. The summed E-state index contributed by atoms with van der Waals surface area (Å²) in [7, 11) is 0. The topological polar surface area (TPSA) is 87.3 Å². The second kappa shape index (κ2) is 11.2. The van der Waals surface area contributed by atoms with Gasteiger partial charge in [0.05, 0.1) is 20.6 Å². The second-order valence-corrected chi connectivity index (χ2v) is 10.4. The van der Waals surface area contributed by atoms with Gasteiger partial charge in [0, 0.05) is 5.56 Å². The molecule has 0 fully saturated rings. The number of para-hydroxylation sites is 1. The van der Waals surface area contributed by atoms with Gasteiger partial charge in [-0.2, -0.15) is 15.1 Å². The Bertz CT molecular complexity index is 1530. The molecule has 5 rings (SSSR count). The van der Waals surface area contributed by atoms with Crippen LogP contribution in [0.3, 0.4) is 0 Å². The molecule has 0 bridgehead atoms. The Morgan fingerprint density at radius 1 is 0.974 bits per heavy atom. The lowest BCUT2D eigenvalue weighted by molar-refractivity contribution is -0.114. The maximum Gasteiger partial charge on any atom is 0.283 e. The van der Waals surface area contributed by atoms with Gasteiger partial charge in [-0.15, -0.1) is 0 Å². The number of nitrogens with one attached hydrogen (secondary N) is 1. The summed E-state index contributed by atoms with van der Waals surface area (Å²) < 4.78 is 11.5. The third-order valence-electron chi connectivity index (χ3n) is 5.57. The molecule has 0 atom stereocenters. The van der Waals surface area contributed by atoms with Crippen molar-refractivity contribution < 1.29 is 14.3 Å². The number of carbonyl (C=O) groups excluding carboxylic acids is 1. The number of amidine groups is 2. The van der Waals surface area contributed by atoms with E-state index in [9.17, 15) is 4.79 Å². The Kier molecular flexibility index (Phi) is 7.76. The SMILES string of the molecule is Cc1ccccc1OCCOc1c(Cl)cc(/C=C2/C(=N)N3N=C(c4ccccc4Cl)SC3=NC2=O)cc1Cl. The maximum atomic E-state index is 12.8. The van der Waals surface area contributed by atoms with Crippen LogP contribution in [0.1, 0.15) is 16.7 Å². The second-order valence-electron chi connectivity index (χ2n) is 8.18. The number of thioether (sulfide) groups is 1. The molecule has 2 aliphatic heterocycles. The molecule has 2 heterocycles. The highest BCUT2D eigenvalue weighted by atomic mass is 35.5. The van der Waals surface area contributed by atoms with Crippen LogP contribution in [-0.2, 0) is 4.79 Å². The standard InChI is InChI=1S/C27H19Cl3N4O3S/c1-15-6-2-5-9-22(15)36-10-11-37-23-20(29)13-16(14-21(23)30)12-18-24(31)34-27(32-25(18)35)38-26(33-34)17-7-3-4-8-19(17)28/h2-9,12-14,31H,10-11H2,1H3/b18-12-,31-24?. The van der Waals surface area contributed by atoms with E-state index in [2.05, 4.69) is 10.1 Å². The van der Waals surface area contributed by atoms with E-state index < -0.39 is 5.91 Å². The largest absolute Gasteiger partial charge is 0.490 e. The van der Waals surface area contributed by atoms with Crippen LogP contribution in [0.25, 0.3) is 6.08 Å². The third-order valence-corrected chi connectivity index (χ3v) is 7.40. The highest BCUT2D eigenvalue weighted by molar-refractivity contribution is 8.27. The Morgan fingerprint density at radius 2 is 1.66 bits per heavy atom. The van der Waals surface area contributed by atoms with Crippen LogP contribution in [0.15, 0.2) is 76.3 Å². The minimum Gasteiger partial charge on any atom is -0.490 e. The van der Waals surface area contributed by atoms with Crippen molar-refractivity contribution in [3.63, 3.8) is 0 Å². The van der Waals surface area contributed by atoms with Gasteiger partial charge in [0.15, 0.2) is 11.6 Å². The number of aryl methyl sites for hydroxylation is 1. The molecule has 0 spiro atoms. The normalized spacial score (nSPS) is 15.9. The number of aliphatic imine (C=N–C) groups is 1. The molecule has 3 aromatic rings. The highest BCUT2D eigenvalue weighted by Crippen LogP contribution is 2.36. The first-order valence-electron chi connectivity index (χ1n) is 11.4. The minimum atomic E-state index is -0.565. The molecule has 0 aliphatic carbocycles. The summed E-state index contributed by atoms with van der Waals surface area (Å²) in [4.78, 5) is 16.9. The molecule has 0 aromatic heterocycles. The van der Waals surface area contributed by atoms with Crippen LogP contribution < -0.4 is 9.47 Å². The van der Waals surface area contributed by atoms with E-state index in [1.807, 2.05) is 49.4 Å². The number of halogens is 3. The van der Waals surface area contributed by atoms with Crippen LogP contribution in [0.2, 0.25) is 15.1 Å². The molecule has 1 amide bonds. The molecule has 3 aromatic carbocycles. The van der Waals surface area contributed by atoms with E-state index in [0.29, 0.717) is 38.7 Å². The van der Waals surface area contributed by atoms with Crippen LogP contribution in [-0.4, -0.2) is 40.2 Å². The molecular formula is C27H19Cl3N4O3S. The number of hydrogen-bond acceptors (Lipinski definition) is 6. The number of nitrogens with zero attached hydrogens (tertiary/aromatic N) is 3. The van der Waals surface area contributed by atoms with Crippen LogP contribution in [0, 0.1) is 12.3 Å². The molecule has 2 aliphatic rings. The van der Waals surface area contributed by atoms with Crippen molar-refractivity contribution in [3.05, 3.63) is 98.0 Å². The third kappa shape index (κ3) is 5.44. The van der Waals surface area contributed by atoms with Crippen molar-refractivity contribution in [2.75, 3.05) is 13.2 Å². The van der Waals surface area contributed by atoms with Crippen molar-refractivity contribution in [3.8, 4) is 11.5 Å². The number of ether oxygens (including phenoxy) is 2. The molecule has 0 unspecified atom stereocenters. The summed E-state index contributed by atoms with van der Waals surface area (Å²) in [5, 5.41) is 16.3. The average Bonchev–Trinajstić information content (AvgIpc) is 3.31. The van der Waals surface area contributed by atoms with Gasteiger partial charge in [-0.25, -0.2) is 0 Å². The molecular weight excluding hydrogens is 567 g/mol. The smallest absolute Gasteiger partial charge is 0.283 e. The fourth-order valence-electron chi connectivity index (χ4n) is 3.72. The van der Waals surface area contributed by atoms with Crippen LogP contribution in [0.4, 0.5) is 0 Å². The van der Waals surface area contributed by atoms with E-state index in [0.717, 1.165) is 11.3 Å². The monoisotopic (exact) mass is 584 g/mol. The van der Waals surface area contributed by atoms with Crippen LogP contribution >= 0.6 is 46.6 Å². The predicted octanol–water partition coefficient (Wildman–Crippen LogP) is 7.08. The van der Waals surface area contributed by atoms with Crippen molar-refractivity contribution >= 4 is 74.6 Å². The van der Waals surface area contributed by atoms with Crippen molar-refractivity contribution in [1.29, 1.82) is 5.41 Å². The first-order chi connectivity index (χ1) is 18.3. The molecule has 0 saturated carbocycles. The number of fused-ring (bicyclic) bond motifs is 1. The molecule has 0 saturated heterocycles. The summed E-state index contributed by atoms with van der Waals surface area (Å²) in [6.45, 7) is 2.50. The lowest BCUT2D eigenvalue weighted by Crippen LogP contribution is -2.35. The molecule has 11 heteroatoms. The van der Waals surface area contributed by atoms with Crippen molar-refractivity contribution in [2.24, 2.45) is 10.1 Å². The van der Waals surface area contributed by atoms with E-state index in [-0.39, 0.29) is 28.1 Å². The zero-order valence-electron chi connectivity index (χ0n) is 19.9. The number of benzene rings is 3. The van der Waals surface area contributed by atoms with Gasteiger partial charge in [-0.3, -0.25) is 10.2 Å². The summed E-state index contributed by atoms with van der Waals surface area (Å²) in [6, 6.07) is 18.1. The molecule has 7 nitrogen and oxygen atoms in total. The van der Waals surface area contributed by atoms with Gasteiger partial charge < -0.3 is 9.47 Å². The average molecular weight is 586 g/mol. The van der Waals surface area contributed by atoms with Gasteiger partial charge in [-0.1, -0.05) is 71.2 Å². The van der Waals surface area contributed by atoms with Gasteiger partial charge in [0.1, 0.15) is 24.0 Å². The molecule has 0 radical (unpaired) electrons. The zero-order chi connectivity index (χ0) is 26.8. The number of rotatable bonds is 7. The number of amides is 1. The lowest BCUT2D eigenvalue weighted by Gasteiger charge is -2.20. The zero-order valence-corrected chi connectivity index (χ0v) is 23.0. The fraction of sp³-hybridized carbons (Fsp3) is 0.111. The summed E-state index contributed by atoms with van der Waals surface area (Å²) >= 11 is 20.4. The summed E-state index contributed by atoms with van der Waals surface area (Å²) in [6.07, 6.45) is 1.50. The molecule has 1 N–H and O–H groups in total. The van der Waals surface area contributed by atoms with Crippen molar-refractivity contribution in [2.45, 2.75) is 6.92 Å². The number of hydrazone groups is 1. The number of hydrogen-bond donors (Lipinski definition) is 1. The Balaban J connectivity index is 1.31. The van der Waals surface area contributed by atoms with E-state index in [1.165, 1.54) is 22.8 Å². The predicted molar refractivity (Wildman–Crippen MR) is 154 cm³/mol. The first-order valence-corrected chi connectivity index (χ1v) is 13.3. The summed E-state index contributed by atoms with van der Waals surface area (Å²) in [5.41, 5.74) is 2.28. The van der Waals surface area contributed by atoms with E-state index in [4.69, 9.17) is 49.7 Å². The highest BCUT2D eigenvalue weighted by Gasteiger charge is 2.36. The van der Waals surface area contributed by atoms with Gasteiger partial charge in [0.25, 0.3) is 5.91 Å².